The van der Waals surface area contributed by atoms with Crippen LogP contribution < -0.4 is 15.4 Å². The van der Waals surface area contributed by atoms with E-state index in [-0.39, 0.29) is 17.7 Å². The molecule has 0 saturated heterocycles. The number of hydrogen-bond donors (Lipinski definition) is 2. The second-order valence-electron chi connectivity index (χ2n) is 6.70. The molecule has 0 spiro atoms. The summed E-state index contributed by atoms with van der Waals surface area (Å²) in [6.07, 6.45) is -4.12. The number of nitrogens with zero attached hydrogens (tertiary/aromatic N) is 3. The molecule has 0 bridgehead atoms. The van der Waals surface area contributed by atoms with Gasteiger partial charge < -0.3 is 15.4 Å². The van der Waals surface area contributed by atoms with Crippen molar-refractivity contribution >= 4 is 28.8 Å². The molecular weight excluding hydrogens is 415 g/mol. The molecule has 1 aromatic heterocycles. The van der Waals surface area contributed by atoms with E-state index < -0.39 is 22.5 Å². The number of nitro groups is 1. The number of anilines is 4. The lowest BCUT2D eigenvalue weighted by atomic mass is 10.2. The fourth-order valence-electron chi connectivity index (χ4n) is 2.60. The minimum absolute atomic E-state index is 0.0995. The van der Waals surface area contributed by atoms with E-state index >= 15 is 0 Å². The highest BCUT2D eigenvalue weighted by Gasteiger charge is 2.35. The van der Waals surface area contributed by atoms with Crippen molar-refractivity contribution in [2.75, 3.05) is 10.6 Å². The fourth-order valence-corrected chi connectivity index (χ4v) is 2.60. The highest BCUT2D eigenvalue weighted by Crippen LogP contribution is 2.35. The van der Waals surface area contributed by atoms with Crippen molar-refractivity contribution in [3.63, 3.8) is 0 Å². The van der Waals surface area contributed by atoms with Crippen LogP contribution in [0.4, 0.5) is 42.0 Å². The van der Waals surface area contributed by atoms with E-state index in [1.165, 1.54) is 24.3 Å². The van der Waals surface area contributed by atoms with Crippen molar-refractivity contribution in [3.8, 4) is 5.75 Å². The van der Waals surface area contributed by atoms with Crippen LogP contribution in [0.25, 0.3) is 0 Å². The number of ether oxygens (including phenoxy) is 1. The van der Waals surface area contributed by atoms with E-state index in [9.17, 15) is 23.3 Å². The number of aromatic nitrogens is 2. The van der Waals surface area contributed by atoms with Gasteiger partial charge in [0.1, 0.15) is 17.1 Å². The molecular formula is C20H18F3N5O3. The summed E-state index contributed by atoms with van der Waals surface area (Å²) in [4.78, 5) is 17.8. The van der Waals surface area contributed by atoms with Crippen LogP contribution in [0.15, 0.2) is 54.7 Å². The monoisotopic (exact) mass is 433 g/mol. The number of alkyl halides is 3. The molecule has 11 heteroatoms. The van der Waals surface area contributed by atoms with E-state index in [0.717, 1.165) is 0 Å². The molecule has 0 aliphatic rings. The highest BCUT2D eigenvalue weighted by atomic mass is 19.4. The Balaban J connectivity index is 1.89. The molecule has 0 unspecified atom stereocenters. The zero-order valence-corrected chi connectivity index (χ0v) is 16.5. The van der Waals surface area contributed by atoms with Gasteiger partial charge in [0.05, 0.1) is 11.0 Å². The first-order valence-electron chi connectivity index (χ1n) is 9.11. The Hall–Kier alpha value is -3.89. The standard InChI is InChI=1S/C20H18F3N5O3/c1-12(2)31-16-5-3-4-14(10-16)25-18-17(20(21,22)23)11-24-19(27-18)26-13-6-8-15(9-7-13)28(29)30/h3-12H,1-2H3,(H2,24,25,26,27). The molecule has 0 atom stereocenters. The molecule has 0 amide bonds. The van der Waals surface area contributed by atoms with Crippen LogP contribution in [0.3, 0.4) is 0 Å². The van der Waals surface area contributed by atoms with Gasteiger partial charge in [-0.05, 0) is 38.1 Å². The number of nitro benzene ring substituents is 1. The van der Waals surface area contributed by atoms with Gasteiger partial charge in [-0.15, -0.1) is 0 Å². The van der Waals surface area contributed by atoms with Crippen LogP contribution >= 0.6 is 0 Å². The van der Waals surface area contributed by atoms with Crippen LogP contribution in [0.1, 0.15) is 19.4 Å². The Kier molecular flexibility index (Phi) is 6.23. The van der Waals surface area contributed by atoms with Gasteiger partial charge in [-0.2, -0.15) is 18.2 Å². The maximum Gasteiger partial charge on any atom is 0.421 e. The van der Waals surface area contributed by atoms with E-state index in [0.29, 0.717) is 23.3 Å². The van der Waals surface area contributed by atoms with E-state index in [4.69, 9.17) is 4.74 Å². The van der Waals surface area contributed by atoms with Gasteiger partial charge in [0.15, 0.2) is 0 Å². The van der Waals surface area contributed by atoms with Crippen LogP contribution in [-0.2, 0) is 6.18 Å². The normalized spacial score (nSPS) is 11.3. The zero-order chi connectivity index (χ0) is 22.6. The third kappa shape index (κ3) is 5.81. The Morgan fingerprint density at radius 2 is 1.77 bits per heavy atom. The maximum atomic E-state index is 13.5. The number of halogens is 3. The van der Waals surface area contributed by atoms with Crippen molar-refractivity contribution in [1.82, 2.24) is 9.97 Å². The Morgan fingerprint density at radius 3 is 2.39 bits per heavy atom. The number of non-ortho nitro benzene ring substituents is 1. The minimum atomic E-state index is -4.68. The molecule has 3 rings (SSSR count). The molecule has 162 valence electrons. The Labute approximate surface area is 175 Å². The predicted octanol–water partition coefficient (Wildman–Crippen LogP) is 5.68. The molecule has 31 heavy (non-hydrogen) atoms. The van der Waals surface area contributed by atoms with Gasteiger partial charge in [0, 0.05) is 35.8 Å². The van der Waals surface area contributed by atoms with Crippen molar-refractivity contribution in [2.45, 2.75) is 26.1 Å². The molecule has 0 saturated carbocycles. The van der Waals surface area contributed by atoms with Crippen LogP contribution in [0.2, 0.25) is 0 Å². The maximum absolute atomic E-state index is 13.5. The van der Waals surface area contributed by atoms with Crippen molar-refractivity contribution in [2.24, 2.45) is 0 Å². The summed E-state index contributed by atoms with van der Waals surface area (Å²) in [6, 6.07) is 11.8. The summed E-state index contributed by atoms with van der Waals surface area (Å²) in [5, 5.41) is 16.1. The van der Waals surface area contributed by atoms with Gasteiger partial charge in [0.25, 0.3) is 5.69 Å². The van der Waals surface area contributed by atoms with Crippen molar-refractivity contribution in [3.05, 3.63) is 70.4 Å². The van der Waals surface area contributed by atoms with Gasteiger partial charge in [-0.25, -0.2) is 4.98 Å². The third-order valence-corrected chi connectivity index (χ3v) is 3.90. The largest absolute Gasteiger partial charge is 0.491 e. The van der Waals surface area contributed by atoms with E-state index in [2.05, 4.69) is 20.6 Å². The highest BCUT2D eigenvalue weighted by molar-refractivity contribution is 5.64. The summed E-state index contributed by atoms with van der Waals surface area (Å²) >= 11 is 0. The molecule has 1 heterocycles. The Morgan fingerprint density at radius 1 is 1.06 bits per heavy atom. The van der Waals surface area contributed by atoms with Crippen LogP contribution in [0, 0.1) is 10.1 Å². The summed E-state index contributed by atoms with van der Waals surface area (Å²) in [5.74, 6) is -0.0700. The first-order valence-corrected chi connectivity index (χ1v) is 9.11. The minimum Gasteiger partial charge on any atom is -0.491 e. The lowest BCUT2D eigenvalue weighted by molar-refractivity contribution is -0.384. The Bertz CT molecular complexity index is 1070. The van der Waals surface area contributed by atoms with Crippen LogP contribution in [0.5, 0.6) is 5.75 Å². The molecule has 3 aromatic rings. The van der Waals surface area contributed by atoms with E-state index in [1.54, 1.807) is 24.3 Å². The van der Waals surface area contributed by atoms with Gasteiger partial charge in [0.2, 0.25) is 5.95 Å². The average molecular weight is 433 g/mol. The van der Waals surface area contributed by atoms with Crippen molar-refractivity contribution in [1.29, 1.82) is 0 Å². The fraction of sp³-hybridized carbons (Fsp3) is 0.200. The molecule has 8 nitrogen and oxygen atoms in total. The summed E-state index contributed by atoms with van der Waals surface area (Å²) in [7, 11) is 0. The quantitative estimate of drug-likeness (QED) is 0.365. The molecule has 0 aliphatic heterocycles. The molecule has 0 fully saturated rings. The third-order valence-electron chi connectivity index (χ3n) is 3.90. The number of hydrogen-bond acceptors (Lipinski definition) is 7. The predicted molar refractivity (Wildman–Crippen MR) is 109 cm³/mol. The second-order valence-corrected chi connectivity index (χ2v) is 6.70. The number of benzene rings is 2. The lowest BCUT2D eigenvalue weighted by Gasteiger charge is -2.16. The first kappa shape index (κ1) is 21.8. The SMILES string of the molecule is CC(C)Oc1cccc(Nc2nc(Nc3ccc([N+](=O)[O-])cc3)ncc2C(F)(F)F)c1. The van der Waals surface area contributed by atoms with E-state index in [1.807, 2.05) is 13.8 Å². The molecule has 2 aromatic carbocycles. The topological polar surface area (TPSA) is 102 Å². The smallest absolute Gasteiger partial charge is 0.421 e. The van der Waals surface area contributed by atoms with Gasteiger partial charge >= 0.3 is 6.18 Å². The average Bonchev–Trinajstić information content (AvgIpc) is 2.67. The summed E-state index contributed by atoms with van der Waals surface area (Å²) < 4.78 is 45.9. The van der Waals surface area contributed by atoms with Crippen LogP contribution in [-0.4, -0.2) is 21.0 Å². The number of nitrogens with one attached hydrogen (secondary N) is 2. The van der Waals surface area contributed by atoms with Gasteiger partial charge in [-0.3, -0.25) is 10.1 Å². The van der Waals surface area contributed by atoms with Crippen molar-refractivity contribution < 1.29 is 22.8 Å². The zero-order valence-electron chi connectivity index (χ0n) is 16.5. The summed E-state index contributed by atoms with van der Waals surface area (Å²) in [5.41, 5.74) is -0.436. The van der Waals surface area contributed by atoms with Gasteiger partial charge in [-0.1, -0.05) is 6.07 Å². The summed E-state index contributed by atoms with van der Waals surface area (Å²) in [6.45, 7) is 3.67. The molecule has 0 radical (unpaired) electrons. The molecule has 0 aliphatic carbocycles. The number of rotatable bonds is 7. The second kappa shape index (κ2) is 8.86. The molecule has 2 N–H and O–H groups in total. The lowest BCUT2D eigenvalue weighted by Crippen LogP contribution is -2.12. The first-order chi connectivity index (χ1) is 14.6.